The van der Waals surface area contributed by atoms with Crippen molar-refractivity contribution in [3.8, 4) is 11.5 Å². The van der Waals surface area contributed by atoms with Gasteiger partial charge in [-0.25, -0.2) is 8.78 Å². The summed E-state index contributed by atoms with van der Waals surface area (Å²) in [5.74, 6) is -0.808. The minimum absolute atomic E-state index is 0.112. The standard InChI is InChI=1S/C9H6F2N2O/c1-5-12-9(14-13-5)6-2-7(10)4-8(11)3-6/h2-4H,1H3. The largest absolute Gasteiger partial charge is 0.334 e. The lowest BCUT2D eigenvalue weighted by Crippen LogP contribution is -1.84. The number of hydrogen-bond donors (Lipinski definition) is 0. The molecule has 72 valence electrons. The van der Waals surface area contributed by atoms with Gasteiger partial charge in [-0.3, -0.25) is 0 Å². The van der Waals surface area contributed by atoms with Crippen LogP contribution in [-0.4, -0.2) is 10.1 Å². The third-order valence-corrected chi connectivity index (χ3v) is 1.64. The second kappa shape index (κ2) is 3.17. The summed E-state index contributed by atoms with van der Waals surface area (Å²) >= 11 is 0. The molecule has 5 heteroatoms. The Morgan fingerprint density at radius 3 is 2.29 bits per heavy atom. The van der Waals surface area contributed by atoms with Crippen molar-refractivity contribution >= 4 is 0 Å². The Morgan fingerprint density at radius 2 is 1.79 bits per heavy atom. The van der Waals surface area contributed by atoms with E-state index in [1.807, 2.05) is 0 Å². The first kappa shape index (κ1) is 8.80. The molecule has 0 radical (unpaired) electrons. The molecule has 3 nitrogen and oxygen atoms in total. The molecule has 1 aromatic heterocycles. The first-order chi connectivity index (χ1) is 6.65. The molecular formula is C9H6F2N2O. The van der Waals surface area contributed by atoms with E-state index in [0.717, 1.165) is 18.2 Å². The van der Waals surface area contributed by atoms with Crippen LogP contribution in [0.2, 0.25) is 0 Å². The van der Waals surface area contributed by atoms with Gasteiger partial charge in [0.25, 0.3) is 5.89 Å². The van der Waals surface area contributed by atoms with Crippen molar-refractivity contribution in [2.75, 3.05) is 0 Å². The predicted molar refractivity (Wildman–Crippen MR) is 44.4 cm³/mol. The lowest BCUT2D eigenvalue weighted by Gasteiger charge is -1.94. The van der Waals surface area contributed by atoms with E-state index in [1.54, 1.807) is 6.92 Å². The molecule has 0 aliphatic carbocycles. The van der Waals surface area contributed by atoms with E-state index in [1.165, 1.54) is 0 Å². The number of benzene rings is 1. The average molecular weight is 196 g/mol. The molecule has 0 spiro atoms. The summed E-state index contributed by atoms with van der Waals surface area (Å²) in [6.07, 6.45) is 0. The number of rotatable bonds is 1. The first-order valence-corrected chi connectivity index (χ1v) is 3.92. The van der Waals surface area contributed by atoms with Crippen LogP contribution in [0.25, 0.3) is 11.5 Å². The maximum absolute atomic E-state index is 12.8. The topological polar surface area (TPSA) is 38.9 Å². The molecule has 0 unspecified atom stereocenters. The van der Waals surface area contributed by atoms with Gasteiger partial charge < -0.3 is 4.52 Å². The maximum Gasteiger partial charge on any atom is 0.258 e. The summed E-state index contributed by atoms with van der Waals surface area (Å²) in [5.41, 5.74) is 0.239. The monoisotopic (exact) mass is 196 g/mol. The predicted octanol–water partition coefficient (Wildman–Crippen LogP) is 2.32. The smallest absolute Gasteiger partial charge is 0.258 e. The minimum atomic E-state index is -0.671. The molecule has 0 bridgehead atoms. The quantitative estimate of drug-likeness (QED) is 0.702. The fraction of sp³-hybridized carbons (Fsp3) is 0.111. The molecule has 1 aromatic carbocycles. The molecule has 0 saturated carbocycles. The van der Waals surface area contributed by atoms with Crippen molar-refractivity contribution in [3.63, 3.8) is 0 Å². The third kappa shape index (κ3) is 1.61. The van der Waals surface area contributed by atoms with E-state index in [2.05, 4.69) is 10.1 Å². The average Bonchev–Trinajstić information content (AvgIpc) is 2.50. The molecule has 0 N–H and O–H groups in total. The second-order valence-corrected chi connectivity index (χ2v) is 2.80. The van der Waals surface area contributed by atoms with Crippen molar-refractivity contribution in [2.45, 2.75) is 6.92 Å². The highest BCUT2D eigenvalue weighted by molar-refractivity contribution is 5.52. The molecule has 0 aliphatic rings. The van der Waals surface area contributed by atoms with Crippen LogP contribution in [0.15, 0.2) is 22.7 Å². The molecule has 0 fully saturated rings. The summed E-state index contributed by atoms with van der Waals surface area (Å²) in [4.78, 5) is 3.85. The van der Waals surface area contributed by atoms with Gasteiger partial charge in [-0.2, -0.15) is 4.98 Å². The normalized spacial score (nSPS) is 10.5. The van der Waals surface area contributed by atoms with Gasteiger partial charge >= 0.3 is 0 Å². The number of halogens is 2. The highest BCUT2D eigenvalue weighted by Crippen LogP contribution is 2.19. The van der Waals surface area contributed by atoms with Crippen molar-refractivity contribution in [2.24, 2.45) is 0 Å². The van der Waals surface area contributed by atoms with Crippen LogP contribution >= 0.6 is 0 Å². The Kier molecular flexibility index (Phi) is 1.99. The Bertz CT molecular complexity index is 447. The van der Waals surface area contributed by atoms with Crippen molar-refractivity contribution in [1.29, 1.82) is 0 Å². The highest BCUT2D eigenvalue weighted by atomic mass is 19.1. The highest BCUT2D eigenvalue weighted by Gasteiger charge is 2.08. The van der Waals surface area contributed by atoms with E-state index < -0.39 is 11.6 Å². The molecule has 2 rings (SSSR count). The molecular weight excluding hydrogens is 190 g/mol. The molecule has 0 amide bonds. The van der Waals surface area contributed by atoms with Crippen molar-refractivity contribution < 1.29 is 13.3 Å². The van der Waals surface area contributed by atoms with E-state index in [-0.39, 0.29) is 11.5 Å². The first-order valence-electron chi connectivity index (χ1n) is 3.92. The lowest BCUT2D eigenvalue weighted by molar-refractivity contribution is 0.425. The van der Waals surface area contributed by atoms with Gasteiger partial charge in [-0.15, -0.1) is 0 Å². The van der Waals surface area contributed by atoms with Gasteiger partial charge in [-0.05, 0) is 19.1 Å². The fourth-order valence-corrected chi connectivity index (χ4v) is 1.09. The fourth-order valence-electron chi connectivity index (χ4n) is 1.09. The van der Waals surface area contributed by atoms with Crippen molar-refractivity contribution in [3.05, 3.63) is 35.7 Å². The van der Waals surface area contributed by atoms with Crippen LogP contribution in [0.1, 0.15) is 5.82 Å². The number of nitrogens with zero attached hydrogens (tertiary/aromatic N) is 2. The van der Waals surface area contributed by atoms with Crippen molar-refractivity contribution in [1.82, 2.24) is 10.1 Å². The Hall–Kier alpha value is -1.78. The van der Waals surface area contributed by atoms with Gasteiger partial charge in [0.2, 0.25) is 0 Å². The minimum Gasteiger partial charge on any atom is -0.334 e. The Morgan fingerprint density at radius 1 is 1.14 bits per heavy atom. The van der Waals surface area contributed by atoms with E-state index in [4.69, 9.17) is 4.52 Å². The number of hydrogen-bond acceptors (Lipinski definition) is 3. The van der Waals surface area contributed by atoms with Crippen LogP contribution in [0.4, 0.5) is 8.78 Å². The zero-order valence-electron chi connectivity index (χ0n) is 7.29. The summed E-state index contributed by atoms with van der Waals surface area (Å²) in [7, 11) is 0. The van der Waals surface area contributed by atoms with Crippen LogP contribution in [0.5, 0.6) is 0 Å². The number of aromatic nitrogens is 2. The van der Waals surface area contributed by atoms with Gasteiger partial charge in [-0.1, -0.05) is 5.16 Å². The second-order valence-electron chi connectivity index (χ2n) is 2.80. The third-order valence-electron chi connectivity index (χ3n) is 1.64. The molecule has 0 saturated heterocycles. The Labute approximate surface area is 78.4 Å². The van der Waals surface area contributed by atoms with Crippen LogP contribution < -0.4 is 0 Å². The maximum atomic E-state index is 12.8. The SMILES string of the molecule is Cc1noc(-c2cc(F)cc(F)c2)n1. The van der Waals surface area contributed by atoms with Gasteiger partial charge in [0, 0.05) is 11.6 Å². The molecule has 2 aromatic rings. The van der Waals surface area contributed by atoms with E-state index in [9.17, 15) is 8.78 Å². The summed E-state index contributed by atoms with van der Waals surface area (Å²) in [6.45, 7) is 1.63. The summed E-state index contributed by atoms with van der Waals surface area (Å²) in [5, 5.41) is 3.52. The summed E-state index contributed by atoms with van der Waals surface area (Å²) < 4.78 is 30.3. The van der Waals surface area contributed by atoms with Crippen LogP contribution in [0.3, 0.4) is 0 Å². The van der Waals surface area contributed by atoms with Gasteiger partial charge in [0.15, 0.2) is 5.82 Å². The van der Waals surface area contributed by atoms with Crippen LogP contribution in [0, 0.1) is 18.6 Å². The zero-order chi connectivity index (χ0) is 10.1. The molecule has 1 heterocycles. The van der Waals surface area contributed by atoms with Gasteiger partial charge in [0.1, 0.15) is 11.6 Å². The molecule has 0 atom stereocenters. The van der Waals surface area contributed by atoms with Crippen LogP contribution in [-0.2, 0) is 0 Å². The van der Waals surface area contributed by atoms with Gasteiger partial charge in [0.05, 0.1) is 0 Å². The Balaban J connectivity index is 2.51. The summed E-state index contributed by atoms with van der Waals surface area (Å²) in [6, 6.07) is 3.05. The van der Waals surface area contributed by atoms with E-state index in [0.29, 0.717) is 5.82 Å². The zero-order valence-corrected chi connectivity index (χ0v) is 7.29. The number of aryl methyl sites for hydroxylation is 1. The lowest BCUT2D eigenvalue weighted by atomic mass is 10.2. The molecule has 14 heavy (non-hydrogen) atoms. The molecule has 0 aliphatic heterocycles. The van der Waals surface area contributed by atoms with E-state index >= 15 is 0 Å².